The SMILES string of the molecule is NC(=O)Cc1ccnc(F)c1. The Labute approximate surface area is 63.0 Å². The molecule has 0 bridgehead atoms. The first-order valence-electron chi connectivity index (χ1n) is 3.07. The van der Waals surface area contributed by atoms with E-state index in [0.717, 1.165) is 0 Å². The van der Waals surface area contributed by atoms with Crippen LogP contribution in [0.4, 0.5) is 4.39 Å². The number of hydrogen-bond donors (Lipinski definition) is 1. The predicted octanol–water partition coefficient (Wildman–Crippen LogP) is 0.248. The van der Waals surface area contributed by atoms with Crippen molar-refractivity contribution in [3.05, 3.63) is 29.8 Å². The highest BCUT2D eigenvalue weighted by molar-refractivity contribution is 5.76. The molecule has 1 aromatic heterocycles. The third-order valence-corrected chi connectivity index (χ3v) is 1.17. The molecule has 0 atom stereocenters. The zero-order valence-electron chi connectivity index (χ0n) is 5.75. The second-order valence-electron chi connectivity index (χ2n) is 2.13. The number of carbonyl (C=O) groups excluding carboxylic acids is 1. The molecule has 1 rings (SSSR count). The minimum absolute atomic E-state index is 0.0550. The molecule has 0 aromatic carbocycles. The van der Waals surface area contributed by atoms with Gasteiger partial charge in [0.2, 0.25) is 11.9 Å². The number of primary amides is 1. The number of pyridine rings is 1. The van der Waals surface area contributed by atoms with Gasteiger partial charge in [0.1, 0.15) is 0 Å². The zero-order chi connectivity index (χ0) is 8.27. The first-order valence-corrected chi connectivity index (χ1v) is 3.07. The number of amides is 1. The number of nitrogens with zero attached hydrogens (tertiary/aromatic N) is 1. The molecule has 0 aliphatic carbocycles. The molecule has 0 fully saturated rings. The van der Waals surface area contributed by atoms with E-state index in [9.17, 15) is 9.18 Å². The fourth-order valence-corrected chi connectivity index (χ4v) is 0.754. The first-order chi connectivity index (χ1) is 5.18. The van der Waals surface area contributed by atoms with E-state index in [-0.39, 0.29) is 6.42 Å². The van der Waals surface area contributed by atoms with Crippen molar-refractivity contribution in [1.82, 2.24) is 4.98 Å². The summed E-state index contributed by atoms with van der Waals surface area (Å²) in [4.78, 5) is 13.7. The third kappa shape index (κ3) is 2.33. The molecule has 2 N–H and O–H groups in total. The van der Waals surface area contributed by atoms with Crippen molar-refractivity contribution < 1.29 is 9.18 Å². The van der Waals surface area contributed by atoms with Crippen molar-refractivity contribution in [2.24, 2.45) is 5.73 Å². The molecule has 0 aliphatic rings. The van der Waals surface area contributed by atoms with Gasteiger partial charge in [-0.3, -0.25) is 4.79 Å². The molecule has 1 aromatic rings. The van der Waals surface area contributed by atoms with Crippen LogP contribution >= 0.6 is 0 Å². The fourth-order valence-electron chi connectivity index (χ4n) is 0.754. The maximum Gasteiger partial charge on any atom is 0.221 e. The first kappa shape index (κ1) is 7.65. The summed E-state index contributed by atoms with van der Waals surface area (Å²) in [6, 6.07) is 2.73. The van der Waals surface area contributed by atoms with E-state index < -0.39 is 11.9 Å². The Bertz CT molecular complexity index is 275. The minimum Gasteiger partial charge on any atom is -0.369 e. The van der Waals surface area contributed by atoms with Crippen LogP contribution in [0.3, 0.4) is 0 Å². The van der Waals surface area contributed by atoms with Crippen LogP contribution in [0.1, 0.15) is 5.56 Å². The Balaban J connectivity index is 2.79. The summed E-state index contributed by atoms with van der Waals surface area (Å²) >= 11 is 0. The number of halogens is 1. The Kier molecular flexibility index (Phi) is 2.15. The maximum atomic E-state index is 12.4. The molecule has 0 spiro atoms. The molecular weight excluding hydrogens is 147 g/mol. The van der Waals surface area contributed by atoms with Crippen molar-refractivity contribution >= 4 is 5.91 Å². The largest absolute Gasteiger partial charge is 0.369 e. The Hall–Kier alpha value is -1.45. The van der Waals surface area contributed by atoms with Crippen LogP contribution in [0.5, 0.6) is 0 Å². The number of carbonyl (C=O) groups is 1. The summed E-state index contributed by atoms with van der Waals surface area (Å²) in [5.74, 6) is -1.07. The second kappa shape index (κ2) is 3.09. The standard InChI is InChI=1S/C7H7FN2O/c8-6-3-5(1-2-10-6)4-7(9)11/h1-3H,4H2,(H2,9,11). The Morgan fingerprint density at radius 2 is 2.45 bits per heavy atom. The molecule has 1 amide bonds. The lowest BCUT2D eigenvalue weighted by atomic mass is 10.2. The topological polar surface area (TPSA) is 56.0 Å². The molecule has 3 nitrogen and oxygen atoms in total. The molecule has 0 aliphatic heterocycles. The molecule has 1 heterocycles. The van der Waals surface area contributed by atoms with E-state index >= 15 is 0 Å². The Morgan fingerprint density at radius 1 is 1.73 bits per heavy atom. The number of hydrogen-bond acceptors (Lipinski definition) is 2. The lowest BCUT2D eigenvalue weighted by Crippen LogP contribution is -2.13. The van der Waals surface area contributed by atoms with Crippen molar-refractivity contribution in [2.45, 2.75) is 6.42 Å². The summed E-state index contributed by atoms with van der Waals surface area (Å²) in [7, 11) is 0. The van der Waals surface area contributed by atoms with Gasteiger partial charge in [0.25, 0.3) is 0 Å². The van der Waals surface area contributed by atoms with Crippen molar-refractivity contribution in [2.75, 3.05) is 0 Å². The van der Waals surface area contributed by atoms with Gasteiger partial charge in [0.15, 0.2) is 0 Å². The number of nitrogens with two attached hydrogens (primary N) is 1. The average molecular weight is 154 g/mol. The second-order valence-corrected chi connectivity index (χ2v) is 2.13. The van der Waals surface area contributed by atoms with Crippen molar-refractivity contribution in [1.29, 1.82) is 0 Å². The maximum absolute atomic E-state index is 12.4. The van der Waals surface area contributed by atoms with Crippen LogP contribution in [0.25, 0.3) is 0 Å². The molecule has 4 heteroatoms. The zero-order valence-corrected chi connectivity index (χ0v) is 5.75. The molecule has 58 valence electrons. The van der Waals surface area contributed by atoms with Gasteiger partial charge in [-0.2, -0.15) is 4.39 Å². The summed E-state index contributed by atoms with van der Waals surface area (Å²) in [5.41, 5.74) is 5.44. The van der Waals surface area contributed by atoms with E-state index in [4.69, 9.17) is 5.73 Å². The molecule has 11 heavy (non-hydrogen) atoms. The van der Waals surface area contributed by atoms with E-state index in [0.29, 0.717) is 5.56 Å². The van der Waals surface area contributed by atoms with E-state index in [2.05, 4.69) is 4.98 Å². The van der Waals surface area contributed by atoms with Gasteiger partial charge in [0.05, 0.1) is 6.42 Å². The normalized spacial score (nSPS) is 9.55. The molecule has 0 saturated heterocycles. The van der Waals surface area contributed by atoms with Crippen molar-refractivity contribution in [3.63, 3.8) is 0 Å². The highest BCUT2D eigenvalue weighted by Crippen LogP contribution is 2.00. The highest BCUT2D eigenvalue weighted by Gasteiger charge is 1.98. The van der Waals surface area contributed by atoms with Crippen LogP contribution in [-0.2, 0) is 11.2 Å². The molecule has 0 unspecified atom stereocenters. The van der Waals surface area contributed by atoms with Gasteiger partial charge >= 0.3 is 0 Å². The molecule has 0 radical (unpaired) electrons. The lowest BCUT2D eigenvalue weighted by molar-refractivity contribution is -0.117. The third-order valence-electron chi connectivity index (χ3n) is 1.17. The summed E-state index contributed by atoms with van der Waals surface area (Å²) < 4.78 is 12.4. The number of rotatable bonds is 2. The van der Waals surface area contributed by atoms with Gasteiger partial charge in [0, 0.05) is 6.20 Å². The van der Waals surface area contributed by atoms with Gasteiger partial charge in [-0.25, -0.2) is 4.98 Å². The monoisotopic (exact) mass is 154 g/mol. The quantitative estimate of drug-likeness (QED) is 0.620. The minimum atomic E-state index is -0.594. The number of aromatic nitrogens is 1. The predicted molar refractivity (Wildman–Crippen MR) is 37.1 cm³/mol. The van der Waals surface area contributed by atoms with Crippen LogP contribution in [0.15, 0.2) is 18.3 Å². The van der Waals surface area contributed by atoms with Gasteiger partial charge in [-0.05, 0) is 17.7 Å². The summed E-state index contributed by atoms with van der Waals surface area (Å²) in [6.45, 7) is 0. The molecular formula is C7H7FN2O. The van der Waals surface area contributed by atoms with Crippen LogP contribution in [-0.4, -0.2) is 10.9 Å². The van der Waals surface area contributed by atoms with E-state index in [1.807, 2.05) is 0 Å². The van der Waals surface area contributed by atoms with Crippen molar-refractivity contribution in [3.8, 4) is 0 Å². The van der Waals surface area contributed by atoms with E-state index in [1.54, 1.807) is 6.07 Å². The fraction of sp³-hybridized carbons (Fsp3) is 0.143. The van der Waals surface area contributed by atoms with E-state index in [1.165, 1.54) is 12.3 Å². The van der Waals surface area contributed by atoms with Gasteiger partial charge in [-0.15, -0.1) is 0 Å². The summed E-state index contributed by atoms with van der Waals surface area (Å²) in [5, 5.41) is 0. The Morgan fingerprint density at radius 3 is 3.00 bits per heavy atom. The van der Waals surface area contributed by atoms with Crippen LogP contribution in [0, 0.1) is 5.95 Å². The van der Waals surface area contributed by atoms with Gasteiger partial charge in [-0.1, -0.05) is 0 Å². The van der Waals surface area contributed by atoms with Gasteiger partial charge < -0.3 is 5.73 Å². The summed E-state index contributed by atoms with van der Waals surface area (Å²) in [6.07, 6.45) is 1.35. The van der Waals surface area contributed by atoms with Crippen LogP contribution in [0.2, 0.25) is 0 Å². The highest BCUT2D eigenvalue weighted by atomic mass is 19.1. The molecule has 0 saturated carbocycles. The smallest absolute Gasteiger partial charge is 0.221 e. The average Bonchev–Trinajstić information content (AvgIpc) is 1.85. The van der Waals surface area contributed by atoms with Crippen LogP contribution < -0.4 is 5.73 Å². The lowest BCUT2D eigenvalue weighted by Gasteiger charge is -1.94.